The first-order valence-electron chi connectivity index (χ1n) is 3.69. The quantitative estimate of drug-likeness (QED) is 0.396. The Morgan fingerprint density at radius 3 is 1.87 bits per heavy atom. The van der Waals surface area contributed by atoms with Crippen LogP contribution in [0.5, 0.6) is 0 Å². The summed E-state index contributed by atoms with van der Waals surface area (Å²) in [6.07, 6.45) is 0. The van der Waals surface area contributed by atoms with E-state index in [0.717, 1.165) is 12.1 Å². The molecule has 15 heavy (non-hydrogen) atoms. The summed E-state index contributed by atoms with van der Waals surface area (Å²) in [5.74, 6) is 0. The summed E-state index contributed by atoms with van der Waals surface area (Å²) in [5.41, 5.74) is -1.19. The van der Waals surface area contributed by atoms with Crippen molar-refractivity contribution in [3.05, 3.63) is 44.0 Å². The molecule has 0 aromatic heterocycles. The van der Waals surface area contributed by atoms with Crippen molar-refractivity contribution in [2.75, 3.05) is 0 Å². The zero-order chi connectivity index (χ0) is 11.6. The number of aliphatic hydroxyl groups is 1. The molecule has 0 saturated heterocycles. The molecule has 0 radical (unpaired) electrons. The van der Waals surface area contributed by atoms with Crippen LogP contribution in [-0.4, -0.2) is 15.0 Å². The van der Waals surface area contributed by atoms with Crippen molar-refractivity contribution in [2.24, 2.45) is 0 Å². The summed E-state index contributed by atoms with van der Waals surface area (Å²) in [4.78, 5) is 19.6. The van der Waals surface area contributed by atoms with Gasteiger partial charge in [-0.15, -0.1) is 0 Å². The number of benzene rings is 1. The molecule has 0 aliphatic heterocycles. The number of hydrogen-bond acceptors (Lipinski definition) is 5. The maximum absolute atomic E-state index is 10.6. The van der Waals surface area contributed by atoms with Crippen LogP contribution in [-0.2, 0) is 0 Å². The van der Waals surface area contributed by atoms with Gasteiger partial charge in [0.15, 0.2) is 0 Å². The van der Waals surface area contributed by atoms with Crippen LogP contribution in [0.3, 0.4) is 0 Å². The van der Waals surface area contributed by atoms with E-state index in [1.54, 1.807) is 0 Å². The van der Waals surface area contributed by atoms with Crippen LogP contribution in [0.2, 0.25) is 0 Å². The maximum atomic E-state index is 10.6. The summed E-state index contributed by atoms with van der Waals surface area (Å²) in [5, 5.41) is 30.4. The van der Waals surface area contributed by atoms with E-state index in [1.807, 2.05) is 0 Å². The van der Waals surface area contributed by atoms with Gasteiger partial charge in [-0.1, -0.05) is 0 Å². The van der Waals surface area contributed by atoms with Crippen LogP contribution < -0.4 is 0 Å². The highest BCUT2D eigenvalue weighted by Crippen LogP contribution is 2.36. The standard InChI is InChI=1S/C7H5IN2O5/c8-7(11)6-4(9(12)13)2-1-3-5(6)10(14)15/h1-3,7,11H. The van der Waals surface area contributed by atoms with E-state index in [0.29, 0.717) is 0 Å². The van der Waals surface area contributed by atoms with Gasteiger partial charge in [0.25, 0.3) is 11.4 Å². The lowest BCUT2D eigenvalue weighted by Gasteiger charge is -2.04. The topological polar surface area (TPSA) is 107 Å². The van der Waals surface area contributed by atoms with Gasteiger partial charge in [-0.3, -0.25) is 20.2 Å². The van der Waals surface area contributed by atoms with Gasteiger partial charge in [0.2, 0.25) is 0 Å². The number of alkyl halides is 1. The second-order valence-corrected chi connectivity index (χ2v) is 3.74. The molecule has 0 bridgehead atoms. The van der Waals surface area contributed by atoms with Crippen LogP contribution in [0, 0.1) is 20.2 Å². The molecule has 0 aliphatic rings. The third kappa shape index (κ3) is 2.39. The second-order valence-electron chi connectivity index (χ2n) is 2.56. The Morgan fingerprint density at radius 2 is 1.60 bits per heavy atom. The predicted octanol–water partition coefficient (Wildman–Crippen LogP) is 1.93. The predicted molar refractivity (Wildman–Crippen MR) is 58.7 cm³/mol. The third-order valence-electron chi connectivity index (χ3n) is 1.69. The molecular weight excluding hydrogens is 319 g/mol. The highest BCUT2D eigenvalue weighted by Gasteiger charge is 2.28. The van der Waals surface area contributed by atoms with E-state index in [4.69, 9.17) is 0 Å². The molecule has 0 spiro atoms. The monoisotopic (exact) mass is 324 g/mol. The SMILES string of the molecule is O=[N+]([O-])c1cccc([N+](=O)[O-])c1C(O)I. The van der Waals surface area contributed by atoms with E-state index >= 15 is 0 Å². The molecule has 1 N–H and O–H groups in total. The number of hydrogen-bond donors (Lipinski definition) is 1. The minimum atomic E-state index is -1.29. The van der Waals surface area contributed by atoms with Crippen molar-refractivity contribution in [3.8, 4) is 0 Å². The van der Waals surface area contributed by atoms with Crippen molar-refractivity contribution >= 4 is 34.0 Å². The fraction of sp³-hybridized carbons (Fsp3) is 0.143. The highest BCUT2D eigenvalue weighted by molar-refractivity contribution is 14.1. The molecule has 8 heteroatoms. The van der Waals surface area contributed by atoms with Gasteiger partial charge in [-0.2, -0.15) is 0 Å². The van der Waals surface area contributed by atoms with Gasteiger partial charge < -0.3 is 5.11 Å². The van der Waals surface area contributed by atoms with Crippen molar-refractivity contribution in [1.29, 1.82) is 0 Å². The third-order valence-corrected chi connectivity index (χ3v) is 2.31. The summed E-state index contributed by atoms with van der Waals surface area (Å²) < 4.78 is -1.29. The molecule has 1 unspecified atom stereocenters. The molecule has 1 rings (SSSR count). The van der Waals surface area contributed by atoms with Crippen molar-refractivity contribution in [3.63, 3.8) is 0 Å². The zero-order valence-corrected chi connectivity index (χ0v) is 9.32. The van der Waals surface area contributed by atoms with E-state index in [9.17, 15) is 25.3 Å². The molecular formula is C7H5IN2O5. The molecule has 0 amide bonds. The largest absolute Gasteiger partial charge is 0.378 e. The van der Waals surface area contributed by atoms with Gasteiger partial charge in [0.05, 0.1) is 9.85 Å². The zero-order valence-electron chi connectivity index (χ0n) is 7.16. The van der Waals surface area contributed by atoms with Gasteiger partial charge in [-0.25, -0.2) is 0 Å². The fourth-order valence-corrected chi connectivity index (χ4v) is 1.74. The Kier molecular flexibility index (Phi) is 3.52. The summed E-state index contributed by atoms with van der Waals surface area (Å²) >= 11 is 1.47. The molecule has 0 heterocycles. The number of nitro groups is 2. The molecule has 1 aromatic carbocycles. The van der Waals surface area contributed by atoms with E-state index in [-0.39, 0.29) is 5.56 Å². The molecule has 0 saturated carbocycles. The second kappa shape index (κ2) is 4.49. The average Bonchev–Trinajstić information content (AvgIpc) is 2.16. The van der Waals surface area contributed by atoms with Crippen LogP contribution >= 0.6 is 22.6 Å². The van der Waals surface area contributed by atoms with E-state index in [2.05, 4.69) is 0 Å². The van der Waals surface area contributed by atoms with Gasteiger partial charge >= 0.3 is 0 Å². The maximum Gasteiger partial charge on any atom is 0.282 e. The summed E-state index contributed by atoms with van der Waals surface area (Å²) in [7, 11) is 0. The Balaban J connectivity index is 3.48. The molecule has 1 atom stereocenters. The van der Waals surface area contributed by atoms with Gasteiger partial charge in [0, 0.05) is 12.1 Å². The van der Waals surface area contributed by atoms with Crippen molar-refractivity contribution in [1.82, 2.24) is 0 Å². The number of nitro benzene ring substituents is 2. The molecule has 80 valence electrons. The van der Waals surface area contributed by atoms with Crippen LogP contribution in [0.4, 0.5) is 11.4 Å². The summed E-state index contributed by atoms with van der Waals surface area (Å²) in [6, 6.07) is 3.44. The molecule has 0 aliphatic carbocycles. The molecule has 1 aromatic rings. The van der Waals surface area contributed by atoms with E-state index in [1.165, 1.54) is 28.7 Å². The highest BCUT2D eigenvalue weighted by atomic mass is 127. The number of nitrogens with zero attached hydrogens (tertiary/aromatic N) is 2. The Hall–Kier alpha value is -1.29. The molecule has 7 nitrogen and oxygen atoms in total. The normalized spacial score (nSPS) is 12.1. The first-order valence-corrected chi connectivity index (χ1v) is 4.93. The number of rotatable bonds is 3. The lowest BCUT2D eigenvalue weighted by atomic mass is 10.1. The first kappa shape index (κ1) is 11.8. The average molecular weight is 324 g/mol. The van der Waals surface area contributed by atoms with Crippen LogP contribution in [0.15, 0.2) is 18.2 Å². The number of aliphatic hydroxyl groups excluding tert-OH is 1. The van der Waals surface area contributed by atoms with Crippen LogP contribution in [0.1, 0.15) is 9.67 Å². The smallest absolute Gasteiger partial charge is 0.282 e. The Morgan fingerprint density at radius 1 is 1.20 bits per heavy atom. The minimum absolute atomic E-state index is 0.284. The lowest BCUT2D eigenvalue weighted by Crippen LogP contribution is -2.02. The van der Waals surface area contributed by atoms with Gasteiger partial charge in [0.1, 0.15) is 9.67 Å². The van der Waals surface area contributed by atoms with Gasteiger partial charge in [-0.05, 0) is 28.7 Å². The first-order chi connectivity index (χ1) is 6.95. The molecule has 0 fully saturated rings. The van der Waals surface area contributed by atoms with Crippen LogP contribution in [0.25, 0.3) is 0 Å². The summed E-state index contributed by atoms with van der Waals surface area (Å²) in [6.45, 7) is 0. The lowest BCUT2D eigenvalue weighted by molar-refractivity contribution is -0.396. The van der Waals surface area contributed by atoms with Crippen molar-refractivity contribution in [2.45, 2.75) is 4.11 Å². The Labute approximate surface area is 97.2 Å². The van der Waals surface area contributed by atoms with Crippen molar-refractivity contribution < 1.29 is 15.0 Å². The van der Waals surface area contributed by atoms with E-state index < -0.39 is 25.3 Å². The fourth-order valence-electron chi connectivity index (χ4n) is 1.10. The number of halogens is 1. The Bertz CT molecular complexity index is 388. The minimum Gasteiger partial charge on any atom is -0.378 e.